The van der Waals surface area contributed by atoms with E-state index in [-0.39, 0.29) is 29.3 Å². The highest BCUT2D eigenvalue weighted by Crippen LogP contribution is 2.23. The normalized spacial score (nSPS) is 19.8. The molecule has 5 nitrogen and oxygen atoms in total. The number of carbonyl (C=O) groups excluding carboxylic acids is 1. The summed E-state index contributed by atoms with van der Waals surface area (Å²) >= 11 is 0. The van der Waals surface area contributed by atoms with Crippen LogP contribution in [0.1, 0.15) is 35.7 Å². The lowest BCUT2D eigenvalue weighted by molar-refractivity contribution is 0.0660. The number of benzene rings is 1. The second-order valence-corrected chi connectivity index (χ2v) is 8.28. The summed E-state index contributed by atoms with van der Waals surface area (Å²) in [7, 11) is -3.32. The van der Waals surface area contributed by atoms with Gasteiger partial charge in [0.25, 0.3) is 5.91 Å². The molecule has 2 rings (SSSR count). The van der Waals surface area contributed by atoms with Gasteiger partial charge < -0.3 is 10.6 Å². The van der Waals surface area contributed by atoms with Gasteiger partial charge in [0.1, 0.15) is 0 Å². The van der Waals surface area contributed by atoms with Crippen LogP contribution >= 0.6 is 12.4 Å². The predicted octanol–water partition coefficient (Wildman–Crippen LogP) is 2.02. The number of hydrogen-bond donors (Lipinski definition) is 1. The van der Waals surface area contributed by atoms with Crippen molar-refractivity contribution in [3.8, 4) is 0 Å². The maximum atomic E-state index is 12.8. The maximum Gasteiger partial charge on any atom is 0.254 e. The summed E-state index contributed by atoms with van der Waals surface area (Å²) in [6.07, 6.45) is 3.12. The molecule has 1 fully saturated rings. The molecule has 0 aliphatic carbocycles. The lowest BCUT2D eigenvalue weighted by Gasteiger charge is -2.35. The van der Waals surface area contributed by atoms with Crippen molar-refractivity contribution in [2.75, 3.05) is 19.3 Å². The molecule has 1 aromatic rings. The van der Waals surface area contributed by atoms with Crippen LogP contribution in [0.3, 0.4) is 0 Å². The molecule has 1 amide bonds. The van der Waals surface area contributed by atoms with Crippen molar-refractivity contribution in [3.63, 3.8) is 0 Å². The summed E-state index contributed by atoms with van der Waals surface area (Å²) in [5.41, 5.74) is 7.22. The highest BCUT2D eigenvalue weighted by atomic mass is 35.5. The van der Waals surface area contributed by atoms with E-state index < -0.39 is 9.84 Å². The van der Waals surface area contributed by atoms with Crippen molar-refractivity contribution >= 4 is 28.2 Å². The lowest BCUT2D eigenvalue weighted by atomic mass is 9.91. The van der Waals surface area contributed by atoms with Crippen molar-refractivity contribution in [1.82, 2.24) is 4.90 Å². The minimum Gasteiger partial charge on any atom is -0.338 e. The van der Waals surface area contributed by atoms with E-state index in [2.05, 4.69) is 0 Å². The fourth-order valence-corrected chi connectivity index (χ4v) is 3.50. The molecule has 0 bridgehead atoms. The molecule has 0 radical (unpaired) electrons. The highest BCUT2D eigenvalue weighted by Gasteiger charge is 2.27. The van der Waals surface area contributed by atoms with Gasteiger partial charge in [-0.15, -0.1) is 12.4 Å². The first-order chi connectivity index (χ1) is 10.2. The van der Waals surface area contributed by atoms with Crippen LogP contribution in [0.2, 0.25) is 0 Å². The third-order valence-corrected chi connectivity index (χ3v) is 5.47. The van der Waals surface area contributed by atoms with Crippen molar-refractivity contribution in [2.45, 2.75) is 37.6 Å². The van der Waals surface area contributed by atoms with E-state index in [4.69, 9.17) is 5.73 Å². The second kappa shape index (κ2) is 7.64. The molecular weight excluding hydrogens is 336 g/mol. The van der Waals surface area contributed by atoms with Gasteiger partial charge in [0.2, 0.25) is 0 Å². The van der Waals surface area contributed by atoms with E-state index in [1.54, 1.807) is 17.0 Å². The van der Waals surface area contributed by atoms with Gasteiger partial charge in [-0.05, 0) is 50.3 Å². The van der Waals surface area contributed by atoms with Gasteiger partial charge in [-0.3, -0.25) is 4.79 Å². The predicted molar refractivity (Wildman–Crippen MR) is 93.8 cm³/mol. The zero-order chi connectivity index (χ0) is 16.5. The largest absolute Gasteiger partial charge is 0.338 e. The zero-order valence-electron chi connectivity index (χ0n) is 13.8. The summed E-state index contributed by atoms with van der Waals surface area (Å²) < 4.78 is 23.4. The number of rotatable bonds is 3. The van der Waals surface area contributed by atoms with Gasteiger partial charge in [-0.25, -0.2) is 8.42 Å². The van der Waals surface area contributed by atoms with Crippen LogP contribution in [-0.2, 0) is 9.84 Å². The Bertz CT molecular complexity index is 674. The number of nitrogens with two attached hydrogens (primary N) is 1. The minimum absolute atomic E-state index is 0. The molecular formula is C16H25ClN2O3S. The average molecular weight is 361 g/mol. The molecule has 0 aromatic heterocycles. The van der Waals surface area contributed by atoms with Crippen LogP contribution in [0, 0.1) is 12.8 Å². The number of amides is 1. The molecule has 130 valence electrons. The highest BCUT2D eigenvalue weighted by molar-refractivity contribution is 7.90. The molecule has 2 N–H and O–H groups in total. The van der Waals surface area contributed by atoms with Crippen molar-refractivity contribution in [3.05, 3.63) is 29.3 Å². The Morgan fingerprint density at radius 1 is 1.39 bits per heavy atom. The van der Waals surface area contributed by atoms with E-state index >= 15 is 0 Å². The number of sulfone groups is 1. The molecule has 23 heavy (non-hydrogen) atoms. The number of nitrogens with zero attached hydrogens (tertiary/aromatic N) is 1. The fraction of sp³-hybridized carbons (Fsp3) is 0.562. The maximum absolute atomic E-state index is 12.8. The topological polar surface area (TPSA) is 80.5 Å². The van der Waals surface area contributed by atoms with Gasteiger partial charge in [-0.2, -0.15) is 0 Å². The van der Waals surface area contributed by atoms with Crippen molar-refractivity contribution < 1.29 is 13.2 Å². The summed E-state index contributed by atoms with van der Waals surface area (Å²) in [4.78, 5) is 14.7. The number of piperidine rings is 1. The molecule has 1 aliphatic heterocycles. The third-order valence-electron chi connectivity index (χ3n) is 4.36. The Balaban J connectivity index is 0.00000264. The van der Waals surface area contributed by atoms with Gasteiger partial charge >= 0.3 is 0 Å². The second-order valence-electron chi connectivity index (χ2n) is 6.26. The Morgan fingerprint density at radius 3 is 2.61 bits per heavy atom. The summed E-state index contributed by atoms with van der Waals surface area (Å²) in [6, 6.07) is 4.78. The summed E-state index contributed by atoms with van der Waals surface area (Å²) in [5, 5.41) is 0. The monoisotopic (exact) mass is 360 g/mol. The first kappa shape index (κ1) is 19.9. The standard InChI is InChI=1S/C16H24N2O3S.ClH/c1-11-6-7-14(22(3,20)21)9-15(11)16(19)18-8-4-5-13(10-18)12(2)17;/h6-7,9,12-13H,4-5,8,10,17H2,1-3H3;1H. The first-order valence-electron chi connectivity index (χ1n) is 7.55. The van der Waals surface area contributed by atoms with Gasteiger partial charge in [0.05, 0.1) is 4.90 Å². The average Bonchev–Trinajstić information content (AvgIpc) is 2.46. The summed E-state index contributed by atoms with van der Waals surface area (Å²) in [5.74, 6) is 0.199. The Labute approximate surface area is 144 Å². The van der Waals surface area contributed by atoms with Gasteiger partial charge in [0, 0.05) is 31.0 Å². The van der Waals surface area contributed by atoms with E-state index in [0.717, 1.165) is 24.7 Å². The van der Waals surface area contributed by atoms with E-state index in [0.29, 0.717) is 24.6 Å². The molecule has 2 unspecified atom stereocenters. The Hall–Kier alpha value is -1.11. The smallest absolute Gasteiger partial charge is 0.254 e. The quantitative estimate of drug-likeness (QED) is 0.894. The summed E-state index contributed by atoms with van der Waals surface area (Å²) in [6.45, 7) is 5.13. The SMILES string of the molecule is Cc1ccc(S(C)(=O)=O)cc1C(=O)N1CCCC(C(C)N)C1.Cl. The molecule has 1 aromatic carbocycles. The molecule has 1 heterocycles. The van der Waals surface area contributed by atoms with Gasteiger partial charge in [-0.1, -0.05) is 6.07 Å². The van der Waals surface area contributed by atoms with Crippen LogP contribution in [-0.4, -0.2) is 44.6 Å². The van der Waals surface area contributed by atoms with Crippen LogP contribution in [0.5, 0.6) is 0 Å². The van der Waals surface area contributed by atoms with Crippen LogP contribution < -0.4 is 5.73 Å². The lowest BCUT2D eigenvalue weighted by Crippen LogP contribution is -2.45. The molecule has 7 heteroatoms. The minimum atomic E-state index is -3.32. The number of carbonyl (C=O) groups is 1. The Morgan fingerprint density at radius 2 is 2.04 bits per heavy atom. The number of hydrogen-bond acceptors (Lipinski definition) is 4. The Kier molecular flexibility index (Phi) is 6.62. The van der Waals surface area contributed by atoms with Crippen LogP contribution in [0.25, 0.3) is 0 Å². The molecule has 2 atom stereocenters. The molecule has 0 saturated carbocycles. The third kappa shape index (κ3) is 4.68. The first-order valence-corrected chi connectivity index (χ1v) is 9.45. The van der Waals surface area contributed by atoms with Crippen LogP contribution in [0.15, 0.2) is 23.1 Å². The number of likely N-dealkylation sites (tertiary alicyclic amines) is 1. The number of aryl methyl sites for hydroxylation is 1. The molecule has 1 saturated heterocycles. The molecule has 1 aliphatic rings. The van der Waals surface area contributed by atoms with Crippen LogP contribution in [0.4, 0.5) is 0 Å². The molecule has 0 spiro atoms. The van der Waals surface area contributed by atoms with E-state index in [1.165, 1.54) is 6.07 Å². The van der Waals surface area contributed by atoms with Crippen molar-refractivity contribution in [2.24, 2.45) is 11.7 Å². The van der Waals surface area contributed by atoms with E-state index in [9.17, 15) is 13.2 Å². The van der Waals surface area contributed by atoms with Crippen molar-refractivity contribution in [1.29, 1.82) is 0 Å². The van der Waals surface area contributed by atoms with Gasteiger partial charge in [0.15, 0.2) is 9.84 Å². The fourth-order valence-electron chi connectivity index (χ4n) is 2.86. The zero-order valence-corrected chi connectivity index (χ0v) is 15.4. The van der Waals surface area contributed by atoms with E-state index in [1.807, 2.05) is 13.8 Å². The number of halogens is 1.